The van der Waals surface area contributed by atoms with Crippen molar-refractivity contribution in [2.75, 3.05) is 12.0 Å². The van der Waals surface area contributed by atoms with Crippen LogP contribution in [0.25, 0.3) is 10.2 Å². The molecule has 5 heteroatoms. The topological polar surface area (TPSA) is 42.4 Å². The predicted octanol–water partition coefficient (Wildman–Crippen LogP) is 4.64. The van der Waals surface area contributed by atoms with Gasteiger partial charge in [0.1, 0.15) is 5.75 Å². The highest BCUT2D eigenvalue weighted by Gasteiger charge is 2.31. The Hall–Kier alpha value is -2.40. The van der Waals surface area contributed by atoms with Crippen LogP contribution in [0.3, 0.4) is 0 Å². The lowest BCUT2D eigenvalue weighted by atomic mass is 9.84. The van der Waals surface area contributed by atoms with Gasteiger partial charge < -0.3 is 4.74 Å². The number of methoxy groups -OCH3 is 1. The molecule has 0 spiro atoms. The first-order valence-electron chi connectivity index (χ1n) is 8.54. The molecule has 1 heterocycles. The summed E-state index contributed by atoms with van der Waals surface area (Å²) in [6.07, 6.45) is 3.12. The van der Waals surface area contributed by atoms with Crippen molar-refractivity contribution in [3.8, 4) is 5.75 Å². The van der Waals surface area contributed by atoms with E-state index in [0.29, 0.717) is 6.54 Å². The highest BCUT2D eigenvalue weighted by molar-refractivity contribution is 7.22. The lowest BCUT2D eigenvalue weighted by Crippen LogP contribution is -2.38. The molecule has 0 N–H and O–H groups in total. The van der Waals surface area contributed by atoms with E-state index in [0.717, 1.165) is 45.9 Å². The van der Waals surface area contributed by atoms with E-state index in [9.17, 15) is 4.79 Å². The summed E-state index contributed by atoms with van der Waals surface area (Å²) in [5, 5.41) is 0.768. The van der Waals surface area contributed by atoms with Gasteiger partial charge in [0, 0.05) is 12.0 Å². The summed E-state index contributed by atoms with van der Waals surface area (Å²) in [7, 11) is 1.65. The fraction of sp³-hybridized carbons (Fsp3) is 0.300. The van der Waals surface area contributed by atoms with E-state index in [4.69, 9.17) is 9.72 Å². The van der Waals surface area contributed by atoms with Gasteiger partial charge in [-0.3, -0.25) is 9.69 Å². The van der Waals surface area contributed by atoms with Crippen LogP contribution in [-0.4, -0.2) is 18.0 Å². The van der Waals surface area contributed by atoms with Crippen molar-refractivity contribution in [2.45, 2.75) is 25.8 Å². The maximum atomic E-state index is 13.0. The first-order valence-corrected chi connectivity index (χ1v) is 9.36. The molecule has 1 aliphatic rings. The number of ether oxygens (including phenoxy) is 1. The first kappa shape index (κ1) is 16.1. The second kappa shape index (κ2) is 6.84. The smallest absolute Gasteiger partial charge is 0.232 e. The largest absolute Gasteiger partial charge is 0.497 e. The Bertz CT molecular complexity index is 887. The van der Waals surface area contributed by atoms with Gasteiger partial charge in [0.2, 0.25) is 5.91 Å². The van der Waals surface area contributed by atoms with Crippen molar-refractivity contribution in [2.24, 2.45) is 5.92 Å². The Kier molecular flexibility index (Phi) is 4.40. The summed E-state index contributed by atoms with van der Waals surface area (Å²) in [5.41, 5.74) is 1.99. The number of rotatable bonds is 5. The number of aromatic nitrogens is 1. The maximum Gasteiger partial charge on any atom is 0.232 e. The summed E-state index contributed by atoms with van der Waals surface area (Å²) in [5.74, 6) is 1.12. The third-order valence-corrected chi connectivity index (χ3v) is 5.78. The van der Waals surface area contributed by atoms with Crippen LogP contribution in [0.4, 0.5) is 5.13 Å². The van der Waals surface area contributed by atoms with Crippen molar-refractivity contribution in [1.82, 2.24) is 4.98 Å². The van der Waals surface area contributed by atoms with E-state index in [1.807, 2.05) is 41.3 Å². The molecule has 0 aliphatic heterocycles. The third kappa shape index (κ3) is 3.24. The number of benzene rings is 2. The molecular formula is C20H20N2O2S. The van der Waals surface area contributed by atoms with Gasteiger partial charge in [-0.25, -0.2) is 4.98 Å². The zero-order valence-electron chi connectivity index (χ0n) is 14.1. The number of hydrogen-bond donors (Lipinski definition) is 0. The molecule has 0 bridgehead atoms. The molecule has 2 aromatic carbocycles. The van der Waals surface area contributed by atoms with E-state index in [1.54, 1.807) is 18.4 Å². The molecule has 1 aliphatic carbocycles. The van der Waals surface area contributed by atoms with Crippen LogP contribution in [0.15, 0.2) is 48.5 Å². The zero-order valence-corrected chi connectivity index (χ0v) is 15.0. The maximum absolute atomic E-state index is 13.0. The van der Waals surface area contributed by atoms with Gasteiger partial charge in [-0.1, -0.05) is 48.1 Å². The fourth-order valence-electron chi connectivity index (χ4n) is 3.02. The summed E-state index contributed by atoms with van der Waals surface area (Å²) in [6.45, 7) is 0.563. The summed E-state index contributed by atoms with van der Waals surface area (Å²) in [6, 6.07) is 16.0. The Labute approximate surface area is 151 Å². The second-order valence-corrected chi connectivity index (χ2v) is 7.38. The van der Waals surface area contributed by atoms with Gasteiger partial charge >= 0.3 is 0 Å². The number of fused-ring (bicyclic) bond motifs is 1. The van der Waals surface area contributed by atoms with Crippen molar-refractivity contribution in [3.63, 3.8) is 0 Å². The van der Waals surface area contributed by atoms with Crippen LogP contribution in [0.5, 0.6) is 5.75 Å². The Morgan fingerprint density at radius 3 is 2.72 bits per heavy atom. The fourth-order valence-corrected chi connectivity index (χ4v) is 3.97. The normalized spacial score (nSPS) is 14.3. The Morgan fingerprint density at radius 1 is 1.24 bits per heavy atom. The van der Waals surface area contributed by atoms with E-state index in [2.05, 4.69) is 12.1 Å². The van der Waals surface area contributed by atoms with Gasteiger partial charge in [-0.2, -0.15) is 0 Å². The molecule has 0 atom stereocenters. The lowest BCUT2D eigenvalue weighted by Gasteiger charge is -2.30. The van der Waals surface area contributed by atoms with Gasteiger partial charge in [-0.15, -0.1) is 0 Å². The number of nitrogens with zero attached hydrogens (tertiary/aromatic N) is 2. The monoisotopic (exact) mass is 352 g/mol. The number of carbonyl (C=O) groups excluding carboxylic acids is 1. The van der Waals surface area contributed by atoms with Gasteiger partial charge in [0.15, 0.2) is 5.13 Å². The van der Waals surface area contributed by atoms with Crippen molar-refractivity contribution >= 4 is 32.6 Å². The standard InChI is InChI=1S/C20H20N2O2S/c1-24-16-10-11-18-17(12-16)21-20(25-18)22(19(23)15-8-5-9-15)13-14-6-3-2-4-7-14/h2-4,6-7,10-12,15H,5,8-9,13H2,1H3. The first-order chi connectivity index (χ1) is 12.2. The molecule has 25 heavy (non-hydrogen) atoms. The SMILES string of the molecule is COc1ccc2sc(N(Cc3ccccc3)C(=O)C3CCC3)nc2c1. The molecule has 128 valence electrons. The highest BCUT2D eigenvalue weighted by Crippen LogP contribution is 2.35. The van der Waals surface area contributed by atoms with Crippen molar-refractivity contribution in [3.05, 3.63) is 54.1 Å². The summed E-state index contributed by atoms with van der Waals surface area (Å²) >= 11 is 1.56. The van der Waals surface area contributed by atoms with Crippen LogP contribution in [0, 0.1) is 5.92 Å². The van der Waals surface area contributed by atoms with Gasteiger partial charge in [-0.05, 0) is 30.5 Å². The predicted molar refractivity (Wildman–Crippen MR) is 101 cm³/mol. The van der Waals surface area contributed by atoms with E-state index >= 15 is 0 Å². The van der Waals surface area contributed by atoms with Crippen LogP contribution in [0.1, 0.15) is 24.8 Å². The number of anilines is 1. The molecule has 0 saturated heterocycles. The third-order valence-electron chi connectivity index (χ3n) is 4.72. The molecule has 1 aromatic heterocycles. The average molecular weight is 352 g/mol. The molecule has 4 nitrogen and oxygen atoms in total. The minimum Gasteiger partial charge on any atom is -0.497 e. The summed E-state index contributed by atoms with van der Waals surface area (Å²) < 4.78 is 6.35. The molecule has 4 rings (SSSR count). The number of hydrogen-bond acceptors (Lipinski definition) is 4. The number of carbonyl (C=O) groups is 1. The van der Waals surface area contributed by atoms with Crippen LogP contribution in [-0.2, 0) is 11.3 Å². The van der Waals surface area contributed by atoms with E-state index in [1.165, 1.54) is 0 Å². The molecule has 1 fully saturated rings. The Morgan fingerprint density at radius 2 is 2.04 bits per heavy atom. The highest BCUT2D eigenvalue weighted by atomic mass is 32.1. The molecule has 3 aromatic rings. The van der Waals surface area contributed by atoms with E-state index in [-0.39, 0.29) is 11.8 Å². The van der Waals surface area contributed by atoms with Gasteiger partial charge in [0.25, 0.3) is 0 Å². The number of amides is 1. The molecule has 1 amide bonds. The average Bonchev–Trinajstić information content (AvgIpc) is 3.01. The molecule has 0 unspecified atom stereocenters. The molecule has 1 saturated carbocycles. The van der Waals surface area contributed by atoms with Crippen LogP contribution in [0.2, 0.25) is 0 Å². The molecular weight excluding hydrogens is 332 g/mol. The second-order valence-electron chi connectivity index (χ2n) is 6.37. The Balaban J connectivity index is 1.70. The van der Waals surface area contributed by atoms with Crippen LogP contribution >= 0.6 is 11.3 Å². The quantitative estimate of drug-likeness (QED) is 0.672. The van der Waals surface area contributed by atoms with Crippen molar-refractivity contribution < 1.29 is 9.53 Å². The number of thiazole rings is 1. The van der Waals surface area contributed by atoms with Gasteiger partial charge in [0.05, 0.1) is 23.9 Å². The lowest BCUT2D eigenvalue weighted by molar-refractivity contribution is -0.124. The summed E-state index contributed by atoms with van der Waals surface area (Å²) in [4.78, 5) is 19.6. The van der Waals surface area contributed by atoms with Crippen molar-refractivity contribution in [1.29, 1.82) is 0 Å². The minimum atomic E-state index is 0.144. The minimum absolute atomic E-state index is 0.144. The molecule has 0 radical (unpaired) electrons. The van der Waals surface area contributed by atoms with E-state index < -0.39 is 0 Å². The van der Waals surface area contributed by atoms with Crippen LogP contribution < -0.4 is 9.64 Å². The zero-order chi connectivity index (χ0) is 17.2.